The Kier molecular flexibility index (Phi) is 7.70. The first-order chi connectivity index (χ1) is 13.8. The molecule has 0 bridgehead atoms. The minimum atomic E-state index is 0.355. The summed E-state index contributed by atoms with van der Waals surface area (Å²) in [6.45, 7) is 18.1. The van der Waals surface area contributed by atoms with Crippen LogP contribution < -0.4 is 0 Å². The van der Waals surface area contributed by atoms with E-state index in [4.69, 9.17) is 9.47 Å². The van der Waals surface area contributed by atoms with Gasteiger partial charge in [-0.3, -0.25) is 0 Å². The number of rotatable bonds is 8. The van der Waals surface area contributed by atoms with Crippen LogP contribution in [0.5, 0.6) is 0 Å². The third kappa shape index (κ3) is 5.37. The van der Waals surface area contributed by atoms with E-state index in [0.29, 0.717) is 30.1 Å². The van der Waals surface area contributed by atoms with Gasteiger partial charge in [-0.05, 0) is 81.3 Å². The van der Waals surface area contributed by atoms with Crippen LogP contribution in [0.2, 0.25) is 0 Å². The van der Waals surface area contributed by atoms with Crippen LogP contribution in [0.4, 0.5) is 0 Å². The van der Waals surface area contributed by atoms with E-state index in [9.17, 15) is 0 Å². The Balaban J connectivity index is 1.58. The molecule has 0 radical (unpaired) electrons. The fourth-order valence-electron chi connectivity index (χ4n) is 5.84. The number of hydrogen-bond acceptors (Lipinski definition) is 2. The maximum atomic E-state index is 6.36. The van der Waals surface area contributed by atoms with Gasteiger partial charge in [-0.15, -0.1) is 0 Å². The Morgan fingerprint density at radius 2 is 1.93 bits per heavy atom. The molecule has 0 aromatic carbocycles. The molecule has 2 fully saturated rings. The minimum absolute atomic E-state index is 0.355. The molecule has 2 aliphatic heterocycles. The van der Waals surface area contributed by atoms with Gasteiger partial charge in [-0.25, -0.2) is 0 Å². The van der Waals surface area contributed by atoms with Crippen molar-refractivity contribution in [3.05, 3.63) is 35.1 Å². The van der Waals surface area contributed by atoms with Gasteiger partial charge in [0.25, 0.3) is 0 Å². The van der Waals surface area contributed by atoms with Crippen molar-refractivity contribution in [3.63, 3.8) is 0 Å². The van der Waals surface area contributed by atoms with Crippen LogP contribution >= 0.6 is 0 Å². The molecule has 3 rings (SSSR count). The van der Waals surface area contributed by atoms with Gasteiger partial charge in [-0.2, -0.15) is 0 Å². The summed E-state index contributed by atoms with van der Waals surface area (Å²) < 4.78 is 12.7. The summed E-state index contributed by atoms with van der Waals surface area (Å²) in [7, 11) is 0. The lowest BCUT2D eigenvalue weighted by molar-refractivity contribution is 0.0242. The molecule has 2 heteroatoms. The summed E-state index contributed by atoms with van der Waals surface area (Å²) >= 11 is 0. The van der Waals surface area contributed by atoms with Crippen molar-refractivity contribution in [2.45, 2.75) is 111 Å². The number of ether oxygens (including phenoxy) is 2. The van der Waals surface area contributed by atoms with E-state index in [1.165, 1.54) is 55.2 Å². The molecule has 0 N–H and O–H groups in total. The first-order valence-corrected chi connectivity index (χ1v) is 12.2. The third-order valence-corrected chi connectivity index (χ3v) is 7.88. The molecule has 1 saturated heterocycles. The predicted molar refractivity (Wildman–Crippen MR) is 123 cm³/mol. The SMILES string of the molecule is C=C(/C=C(/C)C1=C(C)CC(CC(C)CC)O1)C(C)C[C@H]1C(C)O[C@H]2CCCCC12. The fourth-order valence-corrected chi connectivity index (χ4v) is 5.84. The molecule has 0 aromatic heterocycles. The van der Waals surface area contributed by atoms with Gasteiger partial charge in [0.1, 0.15) is 11.9 Å². The molecule has 0 amide bonds. The zero-order valence-electron chi connectivity index (χ0n) is 19.8. The van der Waals surface area contributed by atoms with E-state index >= 15 is 0 Å². The van der Waals surface area contributed by atoms with E-state index in [2.05, 4.69) is 54.2 Å². The summed E-state index contributed by atoms with van der Waals surface area (Å²) in [6, 6.07) is 0. The molecule has 29 heavy (non-hydrogen) atoms. The number of hydrogen-bond donors (Lipinski definition) is 0. The van der Waals surface area contributed by atoms with Gasteiger partial charge in [0.05, 0.1) is 12.2 Å². The fraction of sp³-hybridized carbons (Fsp3) is 0.778. The second-order valence-electron chi connectivity index (χ2n) is 10.3. The van der Waals surface area contributed by atoms with Crippen LogP contribution in [0.25, 0.3) is 0 Å². The molecule has 2 nitrogen and oxygen atoms in total. The van der Waals surface area contributed by atoms with Gasteiger partial charge in [0, 0.05) is 6.42 Å². The van der Waals surface area contributed by atoms with E-state index in [1.807, 2.05) is 0 Å². The number of allylic oxidation sites excluding steroid dienone is 3. The largest absolute Gasteiger partial charge is 0.490 e. The van der Waals surface area contributed by atoms with Crippen LogP contribution in [-0.4, -0.2) is 18.3 Å². The zero-order chi connectivity index (χ0) is 21.1. The standard InChI is InChI=1S/C27H44O2/c1-8-17(2)13-23-15-21(6)27(29-23)20(5)14-18(3)19(4)16-25-22(7)28-26-12-10-9-11-24(25)26/h14,17,19,22-26H,3,8-13,15-16H2,1-2,4-7H3/b20-14-/t17?,19?,22?,23?,24?,25-,26-/m0/s1. The lowest BCUT2D eigenvalue weighted by Crippen LogP contribution is -2.26. The molecular weight excluding hydrogens is 356 g/mol. The summed E-state index contributed by atoms with van der Waals surface area (Å²) in [5.74, 6) is 3.79. The summed E-state index contributed by atoms with van der Waals surface area (Å²) in [5, 5.41) is 0. The van der Waals surface area contributed by atoms with Crippen molar-refractivity contribution >= 4 is 0 Å². The highest BCUT2D eigenvalue weighted by Gasteiger charge is 2.43. The highest BCUT2D eigenvalue weighted by atomic mass is 16.5. The molecule has 7 atom stereocenters. The number of fused-ring (bicyclic) bond motifs is 1. The normalized spacial score (nSPS) is 34.7. The molecule has 164 valence electrons. The Morgan fingerprint density at radius 3 is 2.66 bits per heavy atom. The Labute approximate surface area is 179 Å². The molecule has 0 aromatic rings. The molecule has 2 heterocycles. The summed E-state index contributed by atoms with van der Waals surface area (Å²) in [6.07, 6.45) is 13.6. The maximum Gasteiger partial charge on any atom is 0.121 e. The van der Waals surface area contributed by atoms with Crippen LogP contribution in [0, 0.1) is 23.7 Å². The Hall–Kier alpha value is -1.02. The lowest BCUT2D eigenvalue weighted by atomic mass is 9.74. The third-order valence-electron chi connectivity index (χ3n) is 7.88. The molecule has 1 aliphatic carbocycles. The van der Waals surface area contributed by atoms with Crippen molar-refractivity contribution in [1.29, 1.82) is 0 Å². The second-order valence-corrected chi connectivity index (χ2v) is 10.3. The average molecular weight is 401 g/mol. The smallest absolute Gasteiger partial charge is 0.121 e. The van der Waals surface area contributed by atoms with Crippen molar-refractivity contribution < 1.29 is 9.47 Å². The second kappa shape index (κ2) is 9.86. The minimum Gasteiger partial charge on any atom is -0.490 e. The van der Waals surface area contributed by atoms with Crippen LogP contribution in [0.3, 0.4) is 0 Å². The van der Waals surface area contributed by atoms with Gasteiger partial charge < -0.3 is 9.47 Å². The molecule has 0 spiro atoms. The zero-order valence-corrected chi connectivity index (χ0v) is 19.8. The van der Waals surface area contributed by atoms with Gasteiger partial charge in [0.2, 0.25) is 0 Å². The topological polar surface area (TPSA) is 18.5 Å². The monoisotopic (exact) mass is 400 g/mol. The van der Waals surface area contributed by atoms with Gasteiger partial charge in [-0.1, -0.05) is 58.3 Å². The van der Waals surface area contributed by atoms with Crippen molar-refractivity contribution in [1.82, 2.24) is 0 Å². The van der Waals surface area contributed by atoms with Crippen LogP contribution in [-0.2, 0) is 9.47 Å². The highest BCUT2D eigenvalue weighted by molar-refractivity contribution is 5.37. The quantitative estimate of drug-likeness (QED) is 0.390. The molecular formula is C27H44O2. The highest BCUT2D eigenvalue weighted by Crippen LogP contribution is 2.45. The van der Waals surface area contributed by atoms with Crippen LogP contribution in [0.1, 0.15) is 92.9 Å². The van der Waals surface area contributed by atoms with Crippen molar-refractivity contribution in [2.75, 3.05) is 0 Å². The van der Waals surface area contributed by atoms with Crippen molar-refractivity contribution in [3.8, 4) is 0 Å². The van der Waals surface area contributed by atoms with E-state index in [1.54, 1.807) is 0 Å². The first-order valence-electron chi connectivity index (χ1n) is 12.2. The van der Waals surface area contributed by atoms with Gasteiger partial charge >= 0.3 is 0 Å². The first kappa shape index (κ1) is 22.7. The summed E-state index contributed by atoms with van der Waals surface area (Å²) in [5.41, 5.74) is 3.89. The molecule has 5 unspecified atom stereocenters. The van der Waals surface area contributed by atoms with E-state index in [-0.39, 0.29) is 0 Å². The van der Waals surface area contributed by atoms with Gasteiger partial charge in [0.15, 0.2) is 0 Å². The maximum absolute atomic E-state index is 6.36. The van der Waals surface area contributed by atoms with E-state index in [0.717, 1.165) is 30.4 Å². The molecule has 3 aliphatic rings. The lowest BCUT2D eigenvalue weighted by Gasteiger charge is -2.29. The Morgan fingerprint density at radius 1 is 1.21 bits per heavy atom. The van der Waals surface area contributed by atoms with Crippen molar-refractivity contribution in [2.24, 2.45) is 23.7 Å². The predicted octanol–water partition coefficient (Wildman–Crippen LogP) is 7.61. The van der Waals surface area contributed by atoms with Crippen LogP contribution in [0.15, 0.2) is 35.1 Å². The summed E-state index contributed by atoms with van der Waals surface area (Å²) in [4.78, 5) is 0. The average Bonchev–Trinajstić information content (AvgIpc) is 3.21. The Bertz CT molecular complexity index is 643. The molecule has 1 saturated carbocycles. The van der Waals surface area contributed by atoms with E-state index < -0.39 is 0 Å².